The molecular formula is C10H15N5O2S2. The summed E-state index contributed by atoms with van der Waals surface area (Å²) in [5.41, 5.74) is 5.52. The van der Waals surface area contributed by atoms with E-state index < -0.39 is 10.0 Å². The molecule has 7 nitrogen and oxygen atoms in total. The van der Waals surface area contributed by atoms with E-state index in [0.717, 1.165) is 9.75 Å². The average Bonchev–Trinajstić information content (AvgIpc) is 2.93. The first-order valence-electron chi connectivity index (χ1n) is 5.56. The lowest BCUT2D eigenvalue weighted by molar-refractivity contribution is 0.577. The summed E-state index contributed by atoms with van der Waals surface area (Å²) < 4.78 is 28.5. The minimum atomic E-state index is -3.55. The lowest BCUT2D eigenvalue weighted by Gasteiger charge is -2.05. The third-order valence-corrected chi connectivity index (χ3v) is 5.37. The maximum atomic E-state index is 12.2. The second-order valence-electron chi connectivity index (χ2n) is 4.02. The highest BCUT2D eigenvalue weighted by Gasteiger charge is 2.20. The monoisotopic (exact) mass is 301 g/mol. The maximum absolute atomic E-state index is 12.2. The van der Waals surface area contributed by atoms with Gasteiger partial charge in [0.25, 0.3) is 0 Å². The van der Waals surface area contributed by atoms with Crippen molar-refractivity contribution in [2.45, 2.75) is 24.9 Å². The fraction of sp³-hybridized carbons (Fsp3) is 0.400. The number of sulfonamides is 1. The number of aromatic nitrogens is 3. The van der Waals surface area contributed by atoms with Crippen molar-refractivity contribution in [1.29, 1.82) is 0 Å². The molecule has 9 heteroatoms. The van der Waals surface area contributed by atoms with Gasteiger partial charge in [-0.1, -0.05) is 0 Å². The Labute approximate surface area is 115 Å². The van der Waals surface area contributed by atoms with Crippen LogP contribution < -0.4 is 10.5 Å². The molecule has 0 radical (unpaired) electrons. The van der Waals surface area contributed by atoms with Crippen LogP contribution >= 0.6 is 11.3 Å². The fourth-order valence-electron chi connectivity index (χ4n) is 1.60. The van der Waals surface area contributed by atoms with Crippen LogP contribution in [0.2, 0.25) is 0 Å². The van der Waals surface area contributed by atoms with Crippen LogP contribution in [-0.2, 0) is 30.2 Å². The molecule has 0 amide bonds. The third kappa shape index (κ3) is 3.00. The van der Waals surface area contributed by atoms with E-state index in [1.165, 1.54) is 17.7 Å². The second kappa shape index (κ2) is 5.37. The molecule has 0 fully saturated rings. The summed E-state index contributed by atoms with van der Waals surface area (Å²) >= 11 is 1.39. The zero-order chi connectivity index (χ0) is 14.0. The lowest BCUT2D eigenvalue weighted by Crippen LogP contribution is -2.24. The predicted octanol–water partition coefficient (Wildman–Crippen LogP) is 0.122. The number of nitrogens with zero attached hydrogens (tertiary/aromatic N) is 3. The van der Waals surface area contributed by atoms with Crippen LogP contribution in [0.25, 0.3) is 0 Å². The van der Waals surface area contributed by atoms with E-state index in [1.54, 1.807) is 24.6 Å². The molecule has 0 saturated carbocycles. The van der Waals surface area contributed by atoms with Crippen LogP contribution in [0, 0.1) is 6.92 Å². The van der Waals surface area contributed by atoms with Crippen LogP contribution in [-0.4, -0.2) is 23.2 Å². The molecule has 2 aromatic heterocycles. The molecule has 104 valence electrons. The van der Waals surface area contributed by atoms with Crippen molar-refractivity contribution in [3.8, 4) is 0 Å². The molecule has 0 saturated heterocycles. The topological polar surface area (TPSA) is 103 Å². The van der Waals surface area contributed by atoms with Crippen molar-refractivity contribution in [3.05, 3.63) is 28.0 Å². The summed E-state index contributed by atoms with van der Waals surface area (Å²) in [6.45, 7) is 2.21. The summed E-state index contributed by atoms with van der Waals surface area (Å²) in [6, 6.07) is 1.61. The van der Waals surface area contributed by atoms with Crippen LogP contribution in [0.3, 0.4) is 0 Å². The normalized spacial score (nSPS) is 11.9. The highest BCUT2D eigenvalue weighted by Crippen LogP contribution is 2.25. The molecule has 0 spiro atoms. The van der Waals surface area contributed by atoms with Gasteiger partial charge in [-0.15, -0.1) is 21.5 Å². The van der Waals surface area contributed by atoms with E-state index >= 15 is 0 Å². The van der Waals surface area contributed by atoms with Gasteiger partial charge in [0.15, 0.2) is 0 Å². The molecule has 0 aliphatic rings. The Morgan fingerprint density at radius 3 is 2.79 bits per heavy atom. The molecule has 0 atom stereocenters. The Morgan fingerprint density at radius 2 is 2.26 bits per heavy atom. The first-order chi connectivity index (χ1) is 8.94. The number of nitrogens with two attached hydrogens (primary N) is 1. The smallest absolute Gasteiger partial charge is 0.242 e. The molecule has 0 aliphatic heterocycles. The molecular weight excluding hydrogens is 286 g/mol. The van der Waals surface area contributed by atoms with Crippen molar-refractivity contribution in [1.82, 2.24) is 19.5 Å². The number of hydrogen-bond acceptors (Lipinski definition) is 6. The largest absolute Gasteiger partial charge is 0.326 e. The number of nitrogens with one attached hydrogen (secondary N) is 1. The molecule has 2 heterocycles. The second-order valence-corrected chi connectivity index (χ2v) is 7.10. The molecule has 0 unspecified atom stereocenters. The van der Waals surface area contributed by atoms with E-state index in [0.29, 0.717) is 12.4 Å². The van der Waals surface area contributed by atoms with E-state index in [1.807, 2.05) is 0 Å². The van der Waals surface area contributed by atoms with Crippen molar-refractivity contribution >= 4 is 21.4 Å². The minimum absolute atomic E-state index is 0.103. The standard InChI is InChI=1S/C10H15N5O2S2/c1-7-9(3-8(4-11)18-7)19(16,17)13-5-10-14-12-6-15(10)2/h3,6,13H,4-5,11H2,1-2H3. The van der Waals surface area contributed by atoms with Crippen molar-refractivity contribution < 1.29 is 8.42 Å². The fourth-order valence-corrected chi connectivity index (χ4v) is 4.09. The van der Waals surface area contributed by atoms with Crippen molar-refractivity contribution in [2.75, 3.05) is 0 Å². The zero-order valence-corrected chi connectivity index (χ0v) is 12.3. The Balaban J connectivity index is 2.18. The van der Waals surface area contributed by atoms with Gasteiger partial charge < -0.3 is 10.3 Å². The highest BCUT2D eigenvalue weighted by molar-refractivity contribution is 7.89. The number of hydrogen-bond donors (Lipinski definition) is 2. The average molecular weight is 301 g/mol. The molecule has 0 aliphatic carbocycles. The zero-order valence-electron chi connectivity index (χ0n) is 10.6. The SMILES string of the molecule is Cc1sc(CN)cc1S(=O)(=O)NCc1nncn1C. The molecule has 0 aromatic carbocycles. The number of thiophene rings is 1. The Bertz CT molecular complexity index is 674. The summed E-state index contributed by atoms with van der Waals surface area (Å²) in [7, 11) is -1.79. The highest BCUT2D eigenvalue weighted by atomic mass is 32.2. The van der Waals surface area contributed by atoms with Crippen LogP contribution in [0.1, 0.15) is 15.6 Å². The molecule has 3 N–H and O–H groups in total. The van der Waals surface area contributed by atoms with E-state index in [9.17, 15) is 8.42 Å². The first-order valence-corrected chi connectivity index (χ1v) is 7.86. The summed E-state index contributed by atoms with van der Waals surface area (Å²) in [6.07, 6.45) is 1.52. The van der Waals surface area contributed by atoms with Gasteiger partial charge in [-0.05, 0) is 13.0 Å². The van der Waals surface area contributed by atoms with Gasteiger partial charge in [-0.25, -0.2) is 13.1 Å². The lowest BCUT2D eigenvalue weighted by atomic mass is 10.4. The molecule has 2 rings (SSSR count). The van der Waals surface area contributed by atoms with Gasteiger partial charge in [-0.3, -0.25) is 0 Å². The summed E-state index contributed by atoms with van der Waals surface area (Å²) in [4.78, 5) is 1.85. The molecule has 0 bridgehead atoms. The van der Waals surface area contributed by atoms with Crippen molar-refractivity contribution in [2.24, 2.45) is 12.8 Å². The molecule has 2 aromatic rings. The Hall–Kier alpha value is -1.29. The van der Waals surface area contributed by atoms with Crippen molar-refractivity contribution in [3.63, 3.8) is 0 Å². The number of rotatable bonds is 5. The first kappa shape index (κ1) is 14.1. The van der Waals surface area contributed by atoms with Gasteiger partial charge in [0, 0.05) is 23.3 Å². The van der Waals surface area contributed by atoms with E-state index in [4.69, 9.17) is 5.73 Å². The predicted molar refractivity (Wildman–Crippen MR) is 72.0 cm³/mol. The maximum Gasteiger partial charge on any atom is 0.242 e. The minimum Gasteiger partial charge on any atom is -0.326 e. The van der Waals surface area contributed by atoms with E-state index in [2.05, 4.69) is 14.9 Å². The summed E-state index contributed by atoms with van der Waals surface area (Å²) in [5, 5.41) is 7.52. The number of aryl methyl sites for hydroxylation is 2. The van der Waals surface area contributed by atoms with Crippen LogP contribution in [0.15, 0.2) is 17.3 Å². The van der Waals surface area contributed by atoms with Gasteiger partial charge in [0.1, 0.15) is 12.2 Å². The van der Waals surface area contributed by atoms with Gasteiger partial charge in [-0.2, -0.15) is 0 Å². The van der Waals surface area contributed by atoms with Crippen LogP contribution in [0.4, 0.5) is 0 Å². The van der Waals surface area contributed by atoms with Crippen LogP contribution in [0.5, 0.6) is 0 Å². The quantitative estimate of drug-likeness (QED) is 0.816. The summed E-state index contributed by atoms with van der Waals surface area (Å²) in [5.74, 6) is 0.551. The molecule has 19 heavy (non-hydrogen) atoms. The Morgan fingerprint density at radius 1 is 1.53 bits per heavy atom. The van der Waals surface area contributed by atoms with Gasteiger partial charge in [0.05, 0.1) is 11.4 Å². The van der Waals surface area contributed by atoms with Gasteiger partial charge in [0.2, 0.25) is 10.0 Å². The van der Waals surface area contributed by atoms with Gasteiger partial charge >= 0.3 is 0 Å². The van der Waals surface area contributed by atoms with E-state index in [-0.39, 0.29) is 11.4 Å². The Kier molecular flexibility index (Phi) is 3.99. The third-order valence-electron chi connectivity index (χ3n) is 2.64.